The van der Waals surface area contributed by atoms with Crippen molar-refractivity contribution in [1.29, 1.82) is 0 Å². The van der Waals surface area contributed by atoms with Gasteiger partial charge in [0.05, 0.1) is 14.2 Å². The van der Waals surface area contributed by atoms with E-state index in [1.54, 1.807) is 26.0 Å². The summed E-state index contributed by atoms with van der Waals surface area (Å²) >= 11 is 1.77. The standard InChI is InChI=1S/C16H19NO2S/c1-11-8-13(17)4-7-16(11)20-10-12-9-14(18-2)5-6-15(12)19-3/h4-9H,10,17H2,1-3H3. The third-order valence-electron chi connectivity index (χ3n) is 3.07. The minimum atomic E-state index is 0.797. The zero-order chi connectivity index (χ0) is 14.5. The largest absolute Gasteiger partial charge is 0.497 e. The van der Waals surface area contributed by atoms with E-state index in [1.165, 1.54) is 10.5 Å². The number of aryl methyl sites for hydroxylation is 1. The van der Waals surface area contributed by atoms with Gasteiger partial charge in [0.25, 0.3) is 0 Å². The summed E-state index contributed by atoms with van der Waals surface area (Å²) < 4.78 is 10.7. The van der Waals surface area contributed by atoms with Gasteiger partial charge in [0.1, 0.15) is 11.5 Å². The van der Waals surface area contributed by atoms with Crippen LogP contribution in [0.4, 0.5) is 5.69 Å². The summed E-state index contributed by atoms with van der Waals surface area (Å²) in [5, 5.41) is 0. The van der Waals surface area contributed by atoms with Crippen molar-refractivity contribution in [2.75, 3.05) is 20.0 Å². The van der Waals surface area contributed by atoms with E-state index in [0.29, 0.717) is 0 Å². The van der Waals surface area contributed by atoms with Crippen molar-refractivity contribution in [3.05, 3.63) is 47.5 Å². The molecule has 3 nitrogen and oxygen atoms in total. The van der Waals surface area contributed by atoms with Crippen LogP contribution in [0.15, 0.2) is 41.3 Å². The second kappa shape index (κ2) is 6.57. The quantitative estimate of drug-likeness (QED) is 0.670. The molecular weight excluding hydrogens is 270 g/mol. The summed E-state index contributed by atoms with van der Waals surface area (Å²) in [5.41, 5.74) is 8.88. The highest BCUT2D eigenvalue weighted by atomic mass is 32.2. The third kappa shape index (κ3) is 3.39. The molecule has 2 N–H and O–H groups in total. The molecule has 106 valence electrons. The molecule has 0 aromatic heterocycles. The lowest BCUT2D eigenvalue weighted by molar-refractivity contribution is 0.400. The van der Waals surface area contributed by atoms with E-state index in [-0.39, 0.29) is 0 Å². The Bertz CT molecular complexity index is 599. The highest BCUT2D eigenvalue weighted by Crippen LogP contribution is 2.32. The third-order valence-corrected chi connectivity index (χ3v) is 4.29. The van der Waals surface area contributed by atoms with E-state index in [9.17, 15) is 0 Å². The molecule has 0 amide bonds. The van der Waals surface area contributed by atoms with Crippen LogP contribution in [-0.4, -0.2) is 14.2 Å². The predicted molar refractivity (Wildman–Crippen MR) is 84.7 cm³/mol. The van der Waals surface area contributed by atoms with Crippen molar-refractivity contribution in [2.24, 2.45) is 0 Å². The first-order valence-electron chi connectivity index (χ1n) is 6.34. The molecule has 4 heteroatoms. The van der Waals surface area contributed by atoms with Crippen molar-refractivity contribution >= 4 is 17.4 Å². The van der Waals surface area contributed by atoms with E-state index < -0.39 is 0 Å². The number of rotatable bonds is 5. The maximum Gasteiger partial charge on any atom is 0.123 e. The lowest BCUT2D eigenvalue weighted by atomic mass is 10.2. The Kier molecular flexibility index (Phi) is 4.79. The van der Waals surface area contributed by atoms with Gasteiger partial charge < -0.3 is 15.2 Å². The highest BCUT2D eigenvalue weighted by Gasteiger charge is 2.07. The van der Waals surface area contributed by atoms with Gasteiger partial charge in [-0.25, -0.2) is 0 Å². The number of nitrogens with two attached hydrogens (primary N) is 1. The van der Waals surface area contributed by atoms with Crippen LogP contribution in [0.3, 0.4) is 0 Å². The molecule has 0 saturated carbocycles. The second-order valence-corrected chi connectivity index (χ2v) is 5.51. The van der Waals surface area contributed by atoms with Crippen LogP contribution in [0.2, 0.25) is 0 Å². The number of benzene rings is 2. The topological polar surface area (TPSA) is 44.5 Å². The molecule has 0 aliphatic rings. The van der Waals surface area contributed by atoms with Crippen LogP contribution in [-0.2, 0) is 5.75 Å². The van der Waals surface area contributed by atoms with E-state index in [1.807, 2.05) is 30.3 Å². The number of methoxy groups -OCH3 is 2. The first kappa shape index (κ1) is 14.6. The van der Waals surface area contributed by atoms with Gasteiger partial charge in [-0.05, 0) is 48.9 Å². The van der Waals surface area contributed by atoms with Gasteiger partial charge in [0, 0.05) is 21.9 Å². The van der Waals surface area contributed by atoms with Gasteiger partial charge in [-0.15, -0.1) is 11.8 Å². The van der Waals surface area contributed by atoms with Crippen molar-refractivity contribution in [3.8, 4) is 11.5 Å². The van der Waals surface area contributed by atoms with Crippen molar-refractivity contribution < 1.29 is 9.47 Å². The molecule has 0 aliphatic heterocycles. The number of thioether (sulfide) groups is 1. The Balaban J connectivity index is 2.17. The molecule has 0 spiro atoms. The van der Waals surface area contributed by atoms with Gasteiger partial charge in [-0.1, -0.05) is 0 Å². The summed E-state index contributed by atoms with van der Waals surface area (Å²) in [6.45, 7) is 2.07. The lowest BCUT2D eigenvalue weighted by Gasteiger charge is -2.11. The molecule has 0 unspecified atom stereocenters. The van der Waals surface area contributed by atoms with E-state index in [4.69, 9.17) is 15.2 Å². The van der Waals surface area contributed by atoms with E-state index >= 15 is 0 Å². The van der Waals surface area contributed by atoms with Gasteiger partial charge in [-0.2, -0.15) is 0 Å². The van der Waals surface area contributed by atoms with Crippen LogP contribution < -0.4 is 15.2 Å². The summed E-state index contributed by atoms with van der Waals surface area (Å²) in [5.74, 6) is 2.55. The van der Waals surface area contributed by atoms with Crippen LogP contribution in [0.1, 0.15) is 11.1 Å². The first-order valence-corrected chi connectivity index (χ1v) is 7.32. The summed E-state index contributed by atoms with van der Waals surface area (Å²) in [7, 11) is 3.35. The number of hydrogen-bond acceptors (Lipinski definition) is 4. The Morgan fingerprint density at radius 1 is 1.05 bits per heavy atom. The normalized spacial score (nSPS) is 10.3. The SMILES string of the molecule is COc1ccc(OC)c(CSc2ccc(N)cc2C)c1. The number of hydrogen-bond donors (Lipinski definition) is 1. The Hall–Kier alpha value is -1.81. The summed E-state index contributed by atoms with van der Waals surface area (Å²) in [4.78, 5) is 1.23. The first-order chi connectivity index (χ1) is 9.63. The van der Waals surface area contributed by atoms with Gasteiger partial charge in [0.15, 0.2) is 0 Å². The zero-order valence-corrected chi connectivity index (χ0v) is 12.8. The Morgan fingerprint density at radius 3 is 2.50 bits per heavy atom. The molecule has 2 aromatic rings. The molecule has 2 rings (SSSR count). The fraction of sp³-hybridized carbons (Fsp3) is 0.250. The summed E-state index contributed by atoms with van der Waals surface area (Å²) in [6.07, 6.45) is 0. The Labute approximate surface area is 124 Å². The average Bonchev–Trinajstić information content (AvgIpc) is 2.46. The zero-order valence-electron chi connectivity index (χ0n) is 12.0. The molecule has 0 aliphatic carbocycles. The molecule has 0 radical (unpaired) electrons. The minimum absolute atomic E-state index is 0.797. The Morgan fingerprint density at radius 2 is 1.85 bits per heavy atom. The smallest absolute Gasteiger partial charge is 0.123 e. The van der Waals surface area contributed by atoms with Crippen LogP contribution in [0, 0.1) is 6.92 Å². The van der Waals surface area contributed by atoms with Crippen LogP contribution >= 0.6 is 11.8 Å². The van der Waals surface area contributed by atoms with Crippen LogP contribution in [0.25, 0.3) is 0 Å². The van der Waals surface area contributed by atoms with Gasteiger partial charge in [-0.3, -0.25) is 0 Å². The fourth-order valence-electron chi connectivity index (χ4n) is 1.98. The van der Waals surface area contributed by atoms with Crippen molar-refractivity contribution in [2.45, 2.75) is 17.6 Å². The molecule has 20 heavy (non-hydrogen) atoms. The van der Waals surface area contributed by atoms with Crippen molar-refractivity contribution in [3.63, 3.8) is 0 Å². The maximum atomic E-state index is 5.77. The van der Waals surface area contributed by atoms with Gasteiger partial charge in [0.2, 0.25) is 0 Å². The number of ether oxygens (including phenoxy) is 2. The highest BCUT2D eigenvalue weighted by molar-refractivity contribution is 7.98. The van der Waals surface area contributed by atoms with E-state index in [0.717, 1.165) is 28.5 Å². The van der Waals surface area contributed by atoms with E-state index in [2.05, 4.69) is 13.0 Å². The second-order valence-electron chi connectivity index (χ2n) is 4.49. The number of anilines is 1. The molecule has 0 saturated heterocycles. The molecule has 0 heterocycles. The lowest BCUT2D eigenvalue weighted by Crippen LogP contribution is -1.93. The van der Waals surface area contributed by atoms with Crippen LogP contribution in [0.5, 0.6) is 11.5 Å². The maximum absolute atomic E-state index is 5.77. The molecule has 2 aromatic carbocycles. The molecule has 0 bridgehead atoms. The fourth-order valence-corrected chi connectivity index (χ4v) is 2.97. The van der Waals surface area contributed by atoms with Crippen molar-refractivity contribution in [1.82, 2.24) is 0 Å². The molecule has 0 atom stereocenters. The summed E-state index contributed by atoms with van der Waals surface area (Å²) in [6, 6.07) is 11.8. The molecule has 0 fully saturated rings. The molecular formula is C16H19NO2S. The average molecular weight is 289 g/mol. The monoisotopic (exact) mass is 289 g/mol. The predicted octanol–water partition coefficient (Wildman–Crippen LogP) is 3.89. The minimum Gasteiger partial charge on any atom is -0.497 e. The van der Waals surface area contributed by atoms with Gasteiger partial charge >= 0.3 is 0 Å². The number of nitrogen functional groups attached to an aromatic ring is 1.